The van der Waals surface area contributed by atoms with Crippen LogP contribution in [0.3, 0.4) is 0 Å². The first-order chi connectivity index (χ1) is 5.66. The monoisotopic (exact) mass is 168 g/mol. The lowest BCUT2D eigenvalue weighted by Gasteiger charge is -2.09. The molecule has 0 spiro atoms. The van der Waals surface area contributed by atoms with Crippen molar-refractivity contribution in [1.29, 1.82) is 0 Å². The van der Waals surface area contributed by atoms with Gasteiger partial charge < -0.3 is 15.4 Å². The molecule has 0 radical (unpaired) electrons. The summed E-state index contributed by atoms with van der Waals surface area (Å²) >= 11 is 0. The van der Waals surface area contributed by atoms with Crippen molar-refractivity contribution in [2.75, 3.05) is 6.54 Å². The van der Waals surface area contributed by atoms with Gasteiger partial charge in [-0.05, 0) is 6.92 Å². The van der Waals surface area contributed by atoms with Crippen LogP contribution in [0.2, 0.25) is 0 Å². The average molecular weight is 168 g/mol. The third-order valence-electron chi connectivity index (χ3n) is 1.78. The normalized spacial score (nSPS) is 10.2. The Morgan fingerprint density at radius 1 is 1.67 bits per heavy atom. The highest BCUT2D eigenvalue weighted by atomic mass is 16.3. The van der Waals surface area contributed by atoms with Gasteiger partial charge in [0.2, 0.25) is 5.43 Å². The Morgan fingerprint density at radius 3 is 2.92 bits per heavy atom. The fraction of sp³-hybridized carbons (Fsp3) is 0.375. The first-order valence-corrected chi connectivity index (χ1v) is 3.76. The summed E-state index contributed by atoms with van der Waals surface area (Å²) in [7, 11) is 0. The van der Waals surface area contributed by atoms with E-state index in [1.807, 2.05) is 0 Å². The summed E-state index contributed by atoms with van der Waals surface area (Å²) in [5.74, 6) is -0.189. The molecule has 4 heteroatoms. The van der Waals surface area contributed by atoms with Gasteiger partial charge in [-0.1, -0.05) is 0 Å². The zero-order chi connectivity index (χ0) is 9.14. The molecule has 0 aromatic carbocycles. The van der Waals surface area contributed by atoms with Crippen LogP contribution in [0.25, 0.3) is 0 Å². The van der Waals surface area contributed by atoms with Crippen molar-refractivity contribution in [2.45, 2.75) is 13.5 Å². The van der Waals surface area contributed by atoms with Gasteiger partial charge in [0, 0.05) is 25.4 Å². The quantitative estimate of drug-likeness (QED) is 0.643. The fourth-order valence-electron chi connectivity index (χ4n) is 1.04. The lowest BCUT2D eigenvalue weighted by Crippen LogP contribution is -2.15. The molecule has 0 aliphatic carbocycles. The Bertz CT molecular complexity index is 330. The molecule has 0 aliphatic heterocycles. The summed E-state index contributed by atoms with van der Waals surface area (Å²) in [4.78, 5) is 10.9. The van der Waals surface area contributed by atoms with Gasteiger partial charge in [0.1, 0.15) is 0 Å². The highest BCUT2D eigenvalue weighted by molar-refractivity contribution is 5.25. The van der Waals surface area contributed by atoms with E-state index in [2.05, 4.69) is 0 Å². The third-order valence-corrected chi connectivity index (χ3v) is 1.78. The zero-order valence-corrected chi connectivity index (χ0v) is 6.95. The van der Waals surface area contributed by atoms with E-state index in [0.717, 1.165) is 0 Å². The minimum atomic E-state index is -0.347. The van der Waals surface area contributed by atoms with Crippen LogP contribution < -0.4 is 11.2 Å². The minimum Gasteiger partial charge on any atom is -0.503 e. The van der Waals surface area contributed by atoms with E-state index in [0.29, 0.717) is 18.8 Å². The van der Waals surface area contributed by atoms with Crippen LogP contribution in [0.15, 0.2) is 17.1 Å². The molecule has 1 rings (SSSR count). The molecular formula is C8H12N2O2. The molecular weight excluding hydrogens is 156 g/mol. The van der Waals surface area contributed by atoms with Gasteiger partial charge in [0.25, 0.3) is 0 Å². The molecule has 1 aromatic rings. The van der Waals surface area contributed by atoms with Gasteiger partial charge in [-0.25, -0.2) is 0 Å². The van der Waals surface area contributed by atoms with Gasteiger partial charge >= 0.3 is 0 Å². The maximum absolute atomic E-state index is 10.9. The second kappa shape index (κ2) is 3.40. The summed E-state index contributed by atoms with van der Waals surface area (Å²) < 4.78 is 1.75. The summed E-state index contributed by atoms with van der Waals surface area (Å²) in [5.41, 5.74) is 5.55. The van der Waals surface area contributed by atoms with E-state index in [9.17, 15) is 9.90 Å². The van der Waals surface area contributed by atoms with Crippen LogP contribution in [-0.2, 0) is 6.54 Å². The van der Waals surface area contributed by atoms with Crippen LogP contribution in [-0.4, -0.2) is 16.2 Å². The number of aromatic hydroxyl groups is 1. The van der Waals surface area contributed by atoms with Crippen molar-refractivity contribution < 1.29 is 5.11 Å². The Morgan fingerprint density at radius 2 is 2.33 bits per heavy atom. The predicted octanol–water partition coefficient (Wildman–Crippen LogP) is -0.179. The Balaban J connectivity index is 3.17. The highest BCUT2D eigenvalue weighted by Crippen LogP contribution is 2.07. The molecule has 0 atom stereocenters. The van der Waals surface area contributed by atoms with E-state index >= 15 is 0 Å². The molecule has 4 nitrogen and oxygen atoms in total. The Kier molecular flexibility index (Phi) is 2.50. The summed E-state index contributed by atoms with van der Waals surface area (Å²) in [6, 6.07) is 1.33. The SMILES string of the molecule is Cc1c(O)c(=O)ccn1CCN. The molecule has 0 amide bonds. The highest BCUT2D eigenvalue weighted by Gasteiger charge is 2.03. The molecule has 0 fully saturated rings. The molecule has 0 unspecified atom stereocenters. The second-order valence-electron chi connectivity index (χ2n) is 2.60. The van der Waals surface area contributed by atoms with Crippen LogP contribution in [0.1, 0.15) is 5.69 Å². The summed E-state index contributed by atoms with van der Waals surface area (Å²) in [6.07, 6.45) is 1.63. The van der Waals surface area contributed by atoms with E-state index in [-0.39, 0.29) is 11.2 Å². The minimum absolute atomic E-state index is 0.189. The average Bonchev–Trinajstić information content (AvgIpc) is 2.07. The van der Waals surface area contributed by atoms with Gasteiger partial charge in [0.15, 0.2) is 5.75 Å². The Labute approximate surface area is 70.3 Å². The van der Waals surface area contributed by atoms with E-state index < -0.39 is 0 Å². The lowest BCUT2D eigenvalue weighted by atomic mass is 10.3. The van der Waals surface area contributed by atoms with E-state index in [1.165, 1.54) is 6.07 Å². The van der Waals surface area contributed by atoms with E-state index in [1.54, 1.807) is 17.7 Å². The topological polar surface area (TPSA) is 68.2 Å². The van der Waals surface area contributed by atoms with E-state index in [4.69, 9.17) is 5.73 Å². The first kappa shape index (κ1) is 8.80. The molecule has 1 aromatic heterocycles. The second-order valence-corrected chi connectivity index (χ2v) is 2.60. The maximum Gasteiger partial charge on any atom is 0.223 e. The van der Waals surface area contributed by atoms with Crippen molar-refractivity contribution in [3.63, 3.8) is 0 Å². The molecule has 3 N–H and O–H groups in total. The Hall–Kier alpha value is -1.29. The summed E-state index contributed by atoms with van der Waals surface area (Å²) in [6.45, 7) is 2.79. The van der Waals surface area contributed by atoms with Gasteiger partial charge in [-0.2, -0.15) is 0 Å². The fourth-order valence-corrected chi connectivity index (χ4v) is 1.04. The number of hydrogen-bond donors (Lipinski definition) is 2. The molecule has 66 valence electrons. The van der Waals surface area contributed by atoms with Crippen molar-refractivity contribution in [3.8, 4) is 5.75 Å². The third kappa shape index (κ3) is 1.48. The smallest absolute Gasteiger partial charge is 0.223 e. The molecule has 1 heterocycles. The molecule has 12 heavy (non-hydrogen) atoms. The number of pyridine rings is 1. The zero-order valence-electron chi connectivity index (χ0n) is 6.95. The van der Waals surface area contributed by atoms with Gasteiger partial charge in [-0.15, -0.1) is 0 Å². The van der Waals surface area contributed by atoms with Crippen molar-refractivity contribution in [3.05, 3.63) is 28.2 Å². The maximum atomic E-state index is 10.9. The number of rotatable bonds is 2. The number of aromatic nitrogens is 1. The van der Waals surface area contributed by atoms with Gasteiger partial charge in [0.05, 0.1) is 5.69 Å². The molecule has 0 bridgehead atoms. The standard InChI is InChI=1S/C8H12N2O2/c1-6-8(12)7(11)2-4-10(6)5-3-9/h2,4,12H,3,5,9H2,1H3. The van der Waals surface area contributed by atoms with Crippen LogP contribution in [0, 0.1) is 6.92 Å². The van der Waals surface area contributed by atoms with Crippen molar-refractivity contribution in [2.24, 2.45) is 5.73 Å². The molecule has 0 aliphatic rings. The van der Waals surface area contributed by atoms with Crippen LogP contribution >= 0.6 is 0 Å². The van der Waals surface area contributed by atoms with Crippen molar-refractivity contribution in [1.82, 2.24) is 4.57 Å². The lowest BCUT2D eigenvalue weighted by molar-refractivity contribution is 0.453. The predicted molar refractivity (Wildman–Crippen MR) is 46.2 cm³/mol. The number of nitrogens with two attached hydrogens (primary N) is 1. The molecule has 0 saturated heterocycles. The van der Waals surface area contributed by atoms with Crippen LogP contribution in [0.4, 0.5) is 0 Å². The van der Waals surface area contributed by atoms with Gasteiger partial charge in [-0.3, -0.25) is 4.79 Å². The van der Waals surface area contributed by atoms with Crippen molar-refractivity contribution >= 4 is 0 Å². The first-order valence-electron chi connectivity index (χ1n) is 3.76. The molecule has 0 saturated carbocycles. The largest absolute Gasteiger partial charge is 0.503 e. The summed E-state index contributed by atoms with van der Waals surface area (Å²) in [5, 5.41) is 9.24. The number of hydrogen-bond acceptors (Lipinski definition) is 3. The number of nitrogens with zero attached hydrogens (tertiary/aromatic N) is 1. The van der Waals surface area contributed by atoms with Crippen LogP contribution in [0.5, 0.6) is 5.75 Å².